The van der Waals surface area contributed by atoms with Crippen LogP contribution in [0.5, 0.6) is 0 Å². The highest BCUT2D eigenvalue weighted by molar-refractivity contribution is 6.36. The fraction of sp³-hybridized carbons (Fsp3) is 0.167. The number of carbonyl (C=O) groups is 3. The summed E-state index contributed by atoms with van der Waals surface area (Å²) >= 11 is 12.1. The molecule has 6 nitrogen and oxygen atoms in total. The number of nitrogens with one attached hydrogen (secondary N) is 1. The largest absolute Gasteiger partial charge is 0.465 e. The summed E-state index contributed by atoms with van der Waals surface area (Å²) in [4.78, 5) is 37.4. The van der Waals surface area contributed by atoms with E-state index in [-0.39, 0.29) is 28.7 Å². The minimum Gasteiger partial charge on any atom is -0.465 e. The third-order valence-electron chi connectivity index (χ3n) is 3.49. The van der Waals surface area contributed by atoms with Gasteiger partial charge in [0.2, 0.25) is 11.8 Å². The molecule has 0 aliphatic carbocycles. The highest BCUT2D eigenvalue weighted by Crippen LogP contribution is 2.29. The van der Waals surface area contributed by atoms with E-state index >= 15 is 0 Å². The first kappa shape index (κ1) is 19.8. The second-order valence-electron chi connectivity index (χ2n) is 5.29. The number of halogens is 2. The Morgan fingerprint density at radius 2 is 1.81 bits per heavy atom. The van der Waals surface area contributed by atoms with Crippen molar-refractivity contribution in [2.75, 3.05) is 23.9 Å². The fourth-order valence-corrected chi connectivity index (χ4v) is 2.66. The van der Waals surface area contributed by atoms with Crippen LogP contribution in [0.1, 0.15) is 17.3 Å². The van der Waals surface area contributed by atoms with Gasteiger partial charge in [0.05, 0.1) is 29.1 Å². The van der Waals surface area contributed by atoms with Gasteiger partial charge in [-0.05, 0) is 30.3 Å². The minimum atomic E-state index is -0.581. The molecule has 2 amide bonds. The summed E-state index contributed by atoms with van der Waals surface area (Å²) in [5.41, 5.74) is 0.812. The fourth-order valence-electron chi connectivity index (χ4n) is 2.27. The van der Waals surface area contributed by atoms with Crippen molar-refractivity contribution in [3.63, 3.8) is 0 Å². The lowest BCUT2D eigenvalue weighted by Crippen LogP contribution is -2.37. The third-order valence-corrected chi connectivity index (χ3v) is 4.04. The number of anilines is 2. The maximum atomic E-state index is 12.4. The predicted molar refractivity (Wildman–Crippen MR) is 101 cm³/mol. The molecule has 0 heterocycles. The van der Waals surface area contributed by atoms with Gasteiger partial charge in [0.25, 0.3) is 0 Å². The lowest BCUT2D eigenvalue weighted by atomic mass is 10.2. The standard InChI is InChI=1S/C18H16Cl2N2O4/c1-11(23)22(16-9-12(19)7-8-14(16)20)10-17(24)21-15-6-4-3-5-13(15)18(25)26-2/h3-9H,10H2,1-2H3,(H,21,24). The molecule has 26 heavy (non-hydrogen) atoms. The second-order valence-corrected chi connectivity index (χ2v) is 6.13. The normalized spacial score (nSPS) is 10.2. The second kappa shape index (κ2) is 8.69. The van der Waals surface area contributed by atoms with E-state index in [4.69, 9.17) is 23.2 Å². The molecule has 0 spiro atoms. The summed E-state index contributed by atoms with van der Waals surface area (Å²) in [6.45, 7) is 1.01. The highest BCUT2D eigenvalue weighted by Gasteiger charge is 2.20. The van der Waals surface area contributed by atoms with Crippen LogP contribution in [0, 0.1) is 0 Å². The molecule has 0 unspecified atom stereocenters. The molecule has 2 aromatic rings. The topological polar surface area (TPSA) is 75.7 Å². The molecule has 0 fully saturated rings. The average molecular weight is 395 g/mol. The van der Waals surface area contributed by atoms with Gasteiger partial charge in [0, 0.05) is 11.9 Å². The van der Waals surface area contributed by atoms with Crippen LogP contribution in [-0.4, -0.2) is 31.4 Å². The van der Waals surface area contributed by atoms with Gasteiger partial charge in [-0.3, -0.25) is 9.59 Å². The summed E-state index contributed by atoms with van der Waals surface area (Å²) in [6.07, 6.45) is 0. The Morgan fingerprint density at radius 3 is 2.46 bits per heavy atom. The van der Waals surface area contributed by atoms with E-state index in [1.807, 2.05) is 0 Å². The molecule has 0 radical (unpaired) electrons. The molecule has 0 aromatic heterocycles. The van der Waals surface area contributed by atoms with Crippen LogP contribution in [-0.2, 0) is 14.3 Å². The molecule has 0 aliphatic rings. The molecule has 0 bridgehead atoms. The van der Waals surface area contributed by atoms with E-state index in [1.54, 1.807) is 30.3 Å². The van der Waals surface area contributed by atoms with Crippen molar-refractivity contribution in [2.45, 2.75) is 6.92 Å². The van der Waals surface area contributed by atoms with Crippen molar-refractivity contribution in [2.24, 2.45) is 0 Å². The summed E-state index contributed by atoms with van der Waals surface area (Å²) in [5, 5.41) is 3.27. The van der Waals surface area contributed by atoms with Gasteiger partial charge in [-0.2, -0.15) is 0 Å². The van der Waals surface area contributed by atoms with E-state index in [0.717, 1.165) is 0 Å². The van der Waals surface area contributed by atoms with Crippen LogP contribution in [0.25, 0.3) is 0 Å². The van der Waals surface area contributed by atoms with Crippen LogP contribution in [0.3, 0.4) is 0 Å². The van der Waals surface area contributed by atoms with Crippen LogP contribution in [0.15, 0.2) is 42.5 Å². The Bertz CT molecular complexity index is 855. The lowest BCUT2D eigenvalue weighted by molar-refractivity contribution is -0.120. The van der Waals surface area contributed by atoms with E-state index in [1.165, 1.54) is 31.1 Å². The minimum absolute atomic E-state index is 0.207. The summed E-state index contributed by atoms with van der Waals surface area (Å²) in [7, 11) is 1.25. The van der Waals surface area contributed by atoms with Crippen LogP contribution >= 0.6 is 23.2 Å². The first-order valence-electron chi connectivity index (χ1n) is 7.54. The Morgan fingerprint density at radius 1 is 1.12 bits per heavy atom. The number of methoxy groups -OCH3 is 1. The van der Waals surface area contributed by atoms with Crippen molar-refractivity contribution < 1.29 is 19.1 Å². The summed E-state index contributed by atoms with van der Waals surface area (Å²) in [6, 6.07) is 11.0. The number of carbonyl (C=O) groups excluding carboxylic acids is 3. The molecule has 1 N–H and O–H groups in total. The maximum Gasteiger partial charge on any atom is 0.339 e. The van der Waals surface area contributed by atoms with Crippen molar-refractivity contribution >= 4 is 52.4 Å². The smallest absolute Gasteiger partial charge is 0.339 e. The molecule has 136 valence electrons. The number of ether oxygens (including phenoxy) is 1. The Labute approximate surface area is 160 Å². The zero-order chi connectivity index (χ0) is 19.3. The van der Waals surface area contributed by atoms with Crippen molar-refractivity contribution in [1.29, 1.82) is 0 Å². The van der Waals surface area contributed by atoms with Gasteiger partial charge in [-0.25, -0.2) is 4.79 Å². The van der Waals surface area contributed by atoms with Crippen LogP contribution in [0.2, 0.25) is 10.0 Å². The number of nitrogens with zero attached hydrogens (tertiary/aromatic N) is 1. The quantitative estimate of drug-likeness (QED) is 0.782. The van der Waals surface area contributed by atoms with E-state index < -0.39 is 11.9 Å². The molecule has 0 aliphatic heterocycles. The number of hydrogen-bond donors (Lipinski definition) is 1. The van der Waals surface area contributed by atoms with Gasteiger partial charge in [-0.1, -0.05) is 35.3 Å². The number of amides is 2. The first-order chi connectivity index (χ1) is 12.3. The first-order valence-corrected chi connectivity index (χ1v) is 8.29. The van der Waals surface area contributed by atoms with Crippen molar-refractivity contribution in [3.05, 3.63) is 58.1 Å². The van der Waals surface area contributed by atoms with E-state index in [9.17, 15) is 14.4 Å². The SMILES string of the molecule is COC(=O)c1ccccc1NC(=O)CN(C(C)=O)c1cc(Cl)ccc1Cl. The predicted octanol–water partition coefficient (Wildman–Crippen LogP) is 3.77. The molecule has 0 saturated heterocycles. The summed E-state index contributed by atoms with van der Waals surface area (Å²) in [5.74, 6) is -1.47. The van der Waals surface area contributed by atoms with E-state index in [2.05, 4.69) is 10.1 Å². The van der Waals surface area contributed by atoms with Gasteiger partial charge >= 0.3 is 5.97 Å². The van der Waals surface area contributed by atoms with Crippen LogP contribution in [0.4, 0.5) is 11.4 Å². The average Bonchev–Trinajstić information content (AvgIpc) is 2.61. The third kappa shape index (κ3) is 4.74. The molecular formula is C18H16Cl2N2O4. The molecule has 2 rings (SSSR count). The molecular weight excluding hydrogens is 379 g/mol. The zero-order valence-electron chi connectivity index (χ0n) is 14.1. The van der Waals surface area contributed by atoms with Crippen LogP contribution < -0.4 is 10.2 Å². The number of benzene rings is 2. The van der Waals surface area contributed by atoms with Gasteiger partial charge in [0.1, 0.15) is 6.54 Å². The Hall–Kier alpha value is -2.57. The Balaban J connectivity index is 2.23. The van der Waals surface area contributed by atoms with Crippen molar-refractivity contribution in [1.82, 2.24) is 0 Å². The maximum absolute atomic E-state index is 12.4. The lowest BCUT2D eigenvalue weighted by Gasteiger charge is -2.22. The number of hydrogen-bond acceptors (Lipinski definition) is 4. The number of rotatable bonds is 5. The van der Waals surface area contributed by atoms with Gasteiger partial charge in [0.15, 0.2) is 0 Å². The summed E-state index contributed by atoms with van der Waals surface area (Å²) < 4.78 is 4.69. The zero-order valence-corrected chi connectivity index (χ0v) is 15.6. The molecule has 0 atom stereocenters. The number of para-hydroxylation sites is 1. The van der Waals surface area contributed by atoms with Crippen molar-refractivity contribution in [3.8, 4) is 0 Å². The molecule has 8 heteroatoms. The van der Waals surface area contributed by atoms with E-state index in [0.29, 0.717) is 10.7 Å². The molecule has 0 saturated carbocycles. The number of esters is 1. The Kier molecular flexibility index (Phi) is 6.60. The highest BCUT2D eigenvalue weighted by atomic mass is 35.5. The van der Waals surface area contributed by atoms with Gasteiger partial charge in [-0.15, -0.1) is 0 Å². The molecule has 2 aromatic carbocycles. The van der Waals surface area contributed by atoms with Gasteiger partial charge < -0.3 is 15.0 Å². The monoisotopic (exact) mass is 394 g/mol.